The molecule has 4 aromatic carbocycles. The van der Waals surface area contributed by atoms with Crippen LogP contribution in [0, 0.1) is 0 Å². The highest BCUT2D eigenvalue weighted by Gasteiger charge is 2.22. The minimum Gasteiger partial charge on any atom is -0.478 e. The van der Waals surface area contributed by atoms with Crippen molar-refractivity contribution in [3.63, 3.8) is 0 Å². The van der Waals surface area contributed by atoms with Gasteiger partial charge in [-0.05, 0) is 52.7 Å². The summed E-state index contributed by atoms with van der Waals surface area (Å²) >= 11 is 1.40. The lowest BCUT2D eigenvalue weighted by Crippen LogP contribution is -2.19. The molecule has 0 aliphatic rings. The lowest BCUT2D eigenvalue weighted by atomic mass is 10.1. The second kappa shape index (κ2) is 11.2. The van der Waals surface area contributed by atoms with Gasteiger partial charge in [-0.3, -0.25) is 9.59 Å². The van der Waals surface area contributed by atoms with E-state index >= 15 is 0 Å². The SMILES string of the molecule is O=C(O)/C=C/C(=O)Nc1ccc(SC(C(=O)Nc2ccc3ccccc3c2)c2ccccc2)cc1. The van der Waals surface area contributed by atoms with Gasteiger partial charge in [0.2, 0.25) is 11.8 Å². The first kappa shape index (κ1) is 23.8. The predicted octanol–water partition coefficient (Wildman–Crippen LogP) is 5.89. The van der Waals surface area contributed by atoms with Crippen LogP contribution in [0.15, 0.2) is 114 Å². The fourth-order valence-electron chi connectivity index (χ4n) is 3.46. The monoisotopic (exact) mass is 482 g/mol. The van der Waals surface area contributed by atoms with Gasteiger partial charge in [0, 0.05) is 28.4 Å². The number of carboxylic acid groups (broad SMARTS) is 1. The van der Waals surface area contributed by atoms with Gasteiger partial charge in [0.15, 0.2) is 0 Å². The summed E-state index contributed by atoms with van der Waals surface area (Å²) in [5, 5.41) is 15.9. The molecule has 7 heteroatoms. The van der Waals surface area contributed by atoms with Crippen LogP contribution in [0.5, 0.6) is 0 Å². The van der Waals surface area contributed by atoms with Crippen molar-refractivity contribution >= 4 is 51.7 Å². The molecule has 6 nitrogen and oxygen atoms in total. The molecule has 3 N–H and O–H groups in total. The van der Waals surface area contributed by atoms with E-state index in [0.717, 1.165) is 39.1 Å². The van der Waals surface area contributed by atoms with Gasteiger partial charge in [-0.1, -0.05) is 60.7 Å². The van der Waals surface area contributed by atoms with Crippen molar-refractivity contribution in [2.75, 3.05) is 10.6 Å². The van der Waals surface area contributed by atoms with Crippen molar-refractivity contribution in [2.45, 2.75) is 10.1 Å². The molecule has 2 amide bonds. The number of carbonyl (C=O) groups is 3. The maximum Gasteiger partial charge on any atom is 0.328 e. The number of aliphatic carboxylic acids is 1. The Kier molecular flexibility index (Phi) is 7.60. The van der Waals surface area contributed by atoms with Crippen LogP contribution in [0.25, 0.3) is 10.8 Å². The van der Waals surface area contributed by atoms with E-state index in [-0.39, 0.29) is 5.91 Å². The van der Waals surface area contributed by atoms with Crippen molar-refractivity contribution in [1.29, 1.82) is 0 Å². The van der Waals surface area contributed by atoms with Gasteiger partial charge in [-0.25, -0.2) is 4.79 Å². The number of nitrogens with one attached hydrogen (secondary N) is 2. The molecule has 0 fully saturated rings. The van der Waals surface area contributed by atoms with Crippen LogP contribution in [0.4, 0.5) is 11.4 Å². The highest BCUT2D eigenvalue weighted by molar-refractivity contribution is 8.00. The zero-order chi connectivity index (χ0) is 24.6. The molecule has 0 spiro atoms. The van der Waals surface area contributed by atoms with Crippen LogP contribution in [-0.2, 0) is 14.4 Å². The number of anilines is 2. The zero-order valence-corrected chi connectivity index (χ0v) is 19.4. The summed E-state index contributed by atoms with van der Waals surface area (Å²) < 4.78 is 0. The number of hydrogen-bond acceptors (Lipinski definition) is 4. The lowest BCUT2D eigenvalue weighted by molar-refractivity contribution is -0.131. The summed E-state index contributed by atoms with van der Waals surface area (Å²) in [7, 11) is 0. The molecule has 174 valence electrons. The fourth-order valence-corrected chi connectivity index (χ4v) is 4.48. The minimum absolute atomic E-state index is 0.146. The second-order valence-corrected chi connectivity index (χ2v) is 8.82. The topological polar surface area (TPSA) is 95.5 Å². The van der Waals surface area contributed by atoms with Gasteiger partial charge in [0.1, 0.15) is 5.25 Å². The van der Waals surface area contributed by atoms with Crippen LogP contribution in [0.1, 0.15) is 10.8 Å². The molecule has 0 saturated carbocycles. The van der Waals surface area contributed by atoms with E-state index in [0.29, 0.717) is 5.69 Å². The molecule has 0 radical (unpaired) electrons. The van der Waals surface area contributed by atoms with E-state index < -0.39 is 17.1 Å². The molecule has 1 atom stereocenters. The first-order valence-electron chi connectivity index (χ1n) is 10.8. The normalized spacial score (nSPS) is 11.8. The van der Waals surface area contributed by atoms with E-state index in [1.54, 1.807) is 24.3 Å². The van der Waals surface area contributed by atoms with Gasteiger partial charge < -0.3 is 15.7 Å². The fraction of sp³-hybridized carbons (Fsp3) is 0.0357. The Morgan fingerprint density at radius 2 is 1.37 bits per heavy atom. The Bertz CT molecular complexity index is 1390. The number of fused-ring (bicyclic) bond motifs is 1. The predicted molar refractivity (Wildman–Crippen MR) is 139 cm³/mol. The third-order valence-corrected chi connectivity index (χ3v) is 6.38. The average Bonchev–Trinajstić information content (AvgIpc) is 2.87. The zero-order valence-electron chi connectivity index (χ0n) is 18.5. The summed E-state index contributed by atoms with van der Waals surface area (Å²) in [5.41, 5.74) is 2.11. The van der Waals surface area contributed by atoms with Gasteiger partial charge in [-0.15, -0.1) is 11.8 Å². The highest BCUT2D eigenvalue weighted by Crippen LogP contribution is 2.37. The first-order valence-corrected chi connectivity index (χ1v) is 11.7. The Hall–Kier alpha value is -4.36. The molecule has 0 bridgehead atoms. The van der Waals surface area contributed by atoms with E-state index in [2.05, 4.69) is 10.6 Å². The van der Waals surface area contributed by atoms with Crippen LogP contribution in [0.3, 0.4) is 0 Å². The molecule has 35 heavy (non-hydrogen) atoms. The number of rotatable bonds is 8. The molecular formula is C28H22N2O4S. The number of hydrogen-bond donors (Lipinski definition) is 3. The first-order chi connectivity index (χ1) is 17.0. The van der Waals surface area contributed by atoms with Crippen LogP contribution >= 0.6 is 11.8 Å². The number of carbonyl (C=O) groups excluding carboxylic acids is 2. The van der Waals surface area contributed by atoms with Gasteiger partial charge in [0.05, 0.1) is 0 Å². The lowest BCUT2D eigenvalue weighted by Gasteiger charge is -2.17. The van der Waals surface area contributed by atoms with Crippen LogP contribution in [0.2, 0.25) is 0 Å². The van der Waals surface area contributed by atoms with E-state index in [1.165, 1.54) is 11.8 Å². The molecular weight excluding hydrogens is 460 g/mol. The number of benzene rings is 4. The van der Waals surface area contributed by atoms with Crippen molar-refractivity contribution in [2.24, 2.45) is 0 Å². The summed E-state index contributed by atoms with van der Waals surface area (Å²) in [6.07, 6.45) is 1.73. The van der Waals surface area contributed by atoms with Crippen molar-refractivity contribution in [3.05, 3.63) is 115 Å². The summed E-state index contributed by atoms with van der Waals surface area (Å²) in [5.74, 6) is -1.88. The third-order valence-electron chi connectivity index (χ3n) is 5.11. The molecule has 0 heterocycles. The van der Waals surface area contributed by atoms with E-state index in [4.69, 9.17) is 5.11 Å². The quantitative estimate of drug-likeness (QED) is 0.215. The van der Waals surface area contributed by atoms with Gasteiger partial charge in [-0.2, -0.15) is 0 Å². The van der Waals surface area contributed by atoms with Crippen molar-refractivity contribution in [1.82, 2.24) is 0 Å². The number of thioether (sulfide) groups is 1. The number of carboxylic acids is 1. The molecule has 0 aliphatic carbocycles. The standard InChI is InChI=1S/C28H22N2O4S/c31-25(16-17-26(32)33)29-22-12-14-24(15-13-22)35-27(20-7-2-1-3-8-20)28(34)30-23-11-10-19-6-4-5-9-21(19)18-23/h1-18,27H,(H,29,31)(H,30,34)(H,32,33)/b17-16+. The average molecular weight is 483 g/mol. The maximum atomic E-state index is 13.3. The summed E-state index contributed by atoms with van der Waals surface area (Å²) in [4.78, 5) is 36.5. The summed E-state index contributed by atoms with van der Waals surface area (Å²) in [6, 6.07) is 30.4. The third kappa shape index (κ3) is 6.59. The molecule has 4 aromatic rings. The van der Waals surface area contributed by atoms with Gasteiger partial charge in [0.25, 0.3) is 0 Å². The van der Waals surface area contributed by atoms with Gasteiger partial charge >= 0.3 is 5.97 Å². The maximum absolute atomic E-state index is 13.3. The highest BCUT2D eigenvalue weighted by atomic mass is 32.2. The minimum atomic E-state index is -1.19. The van der Waals surface area contributed by atoms with E-state index in [9.17, 15) is 14.4 Å². The Morgan fingerprint density at radius 3 is 2.09 bits per heavy atom. The number of amides is 2. The van der Waals surface area contributed by atoms with Crippen LogP contribution < -0.4 is 10.6 Å². The Morgan fingerprint density at radius 1 is 0.714 bits per heavy atom. The second-order valence-electron chi connectivity index (χ2n) is 7.64. The van der Waals surface area contributed by atoms with Crippen molar-refractivity contribution < 1.29 is 19.5 Å². The Labute approximate surface area is 206 Å². The largest absolute Gasteiger partial charge is 0.478 e. The van der Waals surface area contributed by atoms with Crippen LogP contribution in [-0.4, -0.2) is 22.9 Å². The molecule has 1 unspecified atom stereocenters. The molecule has 0 aliphatic heterocycles. The van der Waals surface area contributed by atoms with Crippen molar-refractivity contribution in [3.8, 4) is 0 Å². The summed E-state index contributed by atoms with van der Waals surface area (Å²) in [6.45, 7) is 0. The molecule has 4 rings (SSSR count). The molecule has 0 aromatic heterocycles. The molecule has 0 saturated heterocycles. The Balaban J connectivity index is 1.50. The van der Waals surface area contributed by atoms with E-state index in [1.807, 2.05) is 72.8 Å². The smallest absolute Gasteiger partial charge is 0.328 e.